The number of rotatable bonds is 9. The predicted octanol–water partition coefficient (Wildman–Crippen LogP) is 3.44. The summed E-state index contributed by atoms with van der Waals surface area (Å²) in [5, 5.41) is 11.7. The second-order valence-corrected chi connectivity index (χ2v) is 8.00. The molecule has 0 spiro atoms. The van der Waals surface area contributed by atoms with Crippen LogP contribution in [0.1, 0.15) is 11.1 Å². The van der Waals surface area contributed by atoms with E-state index in [0.717, 1.165) is 27.3 Å². The Morgan fingerprint density at radius 3 is 2.45 bits per heavy atom. The van der Waals surface area contributed by atoms with E-state index in [1.807, 2.05) is 54.6 Å². The Balaban J connectivity index is 1.68. The minimum absolute atomic E-state index is 0.237. The van der Waals surface area contributed by atoms with Crippen molar-refractivity contribution in [3.8, 4) is 5.75 Å². The molecule has 0 bridgehead atoms. The van der Waals surface area contributed by atoms with Crippen molar-refractivity contribution < 1.29 is 23.1 Å². The van der Waals surface area contributed by atoms with Crippen molar-refractivity contribution in [2.45, 2.75) is 6.42 Å². The fourth-order valence-corrected chi connectivity index (χ4v) is 3.76. The van der Waals surface area contributed by atoms with Crippen LogP contribution >= 0.6 is 0 Å². The van der Waals surface area contributed by atoms with Crippen molar-refractivity contribution in [1.82, 2.24) is 4.72 Å². The van der Waals surface area contributed by atoms with Crippen LogP contribution in [0.25, 0.3) is 16.8 Å². The molecule has 0 aliphatic carbocycles. The van der Waals surface area contributed by atoms with Crippen LogP contribution in [-0.2, 0) is 21.2 Å². The van der Waals surface area contributed by atoms with Crippen molar-refractivity contribution in [3.63, 3.8) is 0 Å². The second kappa shape index (κ2) is 9.36. The minimum Gasteiger partial charge on any atom is -0.481 e. The molecule has 0 aromatic heterocycles. The molecule has 0 heterocycles. The Labute approximate surface area is 169 Å². The van der Waals surface area contributed by atoms with Gasteiger partial charge in [-0.2, -0.15) is 0 Å². The lowest BCUT2D eigenvalue weighted by Gasteiger charge is -2.11. The first-order valence-corrected chi connectivity index (χ1v) is 10.6. The summed E-state index contributed by atoms with van der Waals surface area (Å²) in [6.45, 7) is -0.183. The molecule has 0 atom stereocenters. The number of sulfonamides is 1. The molecule has 3 aromatic carbocycles. The number of carboxylic acid groups (broad SMARTS) is 1. The van der Waals surface area contributed by atoms with Gasteiger partial charge in [-0.25, -0.2) is 17.9 Å². The van der Waals surface area contributed by atoms with Gasteiger partial charge in [0, 0.05) is 17.3 Å². The highest BCUT2D eigenvalue weighted by Crippen LogP contribution is 2.28. The molecule has 0 amide bonds. The van der Waals surface area contributed by atoms with E-state index in [1.165, 1.54) is 0 Å². The Kier molecular flexibility index (Phi) is 6.64. The third-order valence-corrected chi connectivity index (χ3v) is 5.36. The first-order valence-electron chi connectivity index (χ1n) is 9.03. The molecule has 0 unspecified atom stereocenters. The molecule has 3 aromatic rings. The first-order chi connectivity index (χ1) is 13.9. The van der Waals surface area contributed by atoms with E-state index >= 15 is 0 Å². The lowest BCUT2D eigenvalue weighted by molar-refractivity contribution is -0.139. The summed E-state index contributed by atoms with van der Waals surface area (Å²) in [6, 6.07) is 20.2. The number of hydrogen-bond acceptors (Lipinski definition) is 4. The van der Waals surface area contributed by atoms with Crippen LogP contribution in [0, 0.1) is 0 Å². The zero-order valence-electron chi connectivity index (χ0n) is 15.6. The monoisotopic (exact) mass is 411 g/mol. The molecule has 2 N–H and O–H groups in total. The lowest BCUT2D eigenvalue weighted by Crippen LogP contribution is -2.23. The highest BCUT2D eigenvalue weighted by molar-refractivity contribution is 7.92. The van der Waals surface area contributed by atoms with Crippen molar-refractivity contribution >= 4 is 32.8 Å². The van der Waals surface area contributed by atoms with Gasteiger partial charge in [0.1, 0.15) is 5.75 Å². The van der Waals surface area contributed by atoms with Gasteiger partial charge in [0.05, 0.1) is 0 Å². The van der Waals surface area contributed by atoms with Crippen molar-refractivity contribution in [1.29, 1.82) is 0 Å². The zero-order valence-corrected chi connectivity index (χ0v) is 16.4. The molecule has 0 aliphatic rings. The summed E-state index contributed by atoms with van der Waals surface area (Å²) in [7, 11) is -3.55. The molecule has 0 aliphatic heterocycles. The van der Waals surface area contributed by atoms with E-state index < -0.39 is 22.6 Å². The largest absolute Gasteiger partial charge is 0.481 e. The average Bonchev–Trinajstić information content (AvgIpc) is 2.71. The van der Waals surface area contributed by atoms with Gasteiger partial charge in [-0.3, -0.25) is 0 Å². The third kappa shape index (κ3) is 5.91. The van der Waals surface area contributed by atoms with Gasteiger partial charge >= 0.3 is 5.97 Å². The molecule has 6 nitrogen and oxygen atoms in total. The van der Waals surface area contributed by atoms with Crippen LogP contribution in [0.4, 0.5) is 0 Å². The van der Waals surface area contributed by atoms with E-state index in [0.29, 0.717) is 12.2 Å². The normalized spacial score (nSPS) is 11.7. The van der Waals surface area contributed by atoms with Gasteiger partial charge in [-0.1, -0.05) is 60.7 Å². The number of aliphatic carboxylic acids is 1. The van der Waals surface area contributed by atoms with Crippen molar-refractivity contribution in [3.05, 3.63) is 83.3 Å². The average molecular weight is 411 g/mol. The second-order valence-electron chi connectivity index (χ2n) is 6.35. The van der Waals surface area contributed by atoms with Crippen LogP contribution in [0.2, 0.25) is 0 Å². The number of carboxylic acids is 1. The fraction of sp³-hybridized carbons (Fsp3) is 0.136. The molecule has 0 saturated heterocycles. The van der Waals surface area contributed by atoms with Gasteiger partial charge in [0.2, 0.25) is 10.0 Å². The zero-order chi connectivity index (χ0) is 20.7. The number of carbonyl (C=O) groups is 1. The Bertz CT molecular complexity index is 1120. The van der Waals surface area contributed by atoms with E-state index in [4.69, 9.17) is 9.84 Å². The molecule has 150 valence electrons. The van der Waals surface area contributed by atoms with Crippen molar-refractivity contribution in [2.24, 2.45) is 0 Å². The maximum atomic E-state index is 12.2. The van der Waals surface area contributed by atoms with Gasteiger partial charge in [0.25, 0.3) is 0 Å². The summed E-state index contributed by atoms with van der Waals surface area (Å²) >= 11 is 0. The molecule has 0 radical (unpaired) electrons. The maximum Gasteiger partial charge on any atom is 0.341 e. The molecular weight excluding hydrogens is 390 g/mol. The molecule has 7 heteroatoms. The maximum absolute atomic E-state index is 12.2. The van der Waals surface area contributed by atoms with Crippen LogP contribution < -0.4 is 9.46 Å². The molecule has 0 fully saturated rings. The SMILES string of the molecule is O=C(O)COc1cccc2c(CCNS(=O)(=O)/C=C/c3ccccc3)cccc12. The number of hydrogen-bond donors (Lipinski definition) is 2. The van der Waals surface area contributed by atoms with E-state index in [-0.39, 0.29) is 6.54 Å². The standard InChI is InChI=1S/C22H21NO5S/c24-22(25)16-28-21-11-5-9-19-18(8-4-10-20(19)21)12-14-23-29(26,27)15-13-17-6-2-1-3-7-17/h1-11,13,15,23H,12,14,16H2,(H,24,25)/b15-13+. The summed E-state index contributed by atoms with van der Waals surface area (Å²) in [5.41, 5.74) is 1.75. The van der Waals surface area contributed by atoms with E-state index in [9.17, 15) is 13.2 Å². The number of fused-ring (bicyclic) bond motifs is 1. The van der Waals surface area contributed by atoms with Crippen LogP contribution in [0.3, 0.4) is 0 Å². The van der Waals surface area contributed by atoms with Gasteiger partial charge in [-0.05, 0) is 35.1 Å². The molecule has 0 saturated carbocycles. The number of benzene rings is 3. The molecule has 3 rings (SSSR count). The highest BCUT2D eigenvalue weighted by atomic mass is 32.2. The van der Waals surface area contributed by atoms with Gasteiger partial charge < -0.3 is 9.84 Å². The number of ether oxygens (including phenoxy) is 1. The lowest BCUT2D eigenvalue weighted by atomic mass is 10.0. The first kappa shape index (κ1) is 20.6. The minimum atomic E-state index is -3.55. The predicted molar refractivity (Wildman–Crippen MR) is 113 cm³/mol. The quantitative estimate of drug-likeness (QED) is 0.563. The van der Waals surface area contributed by atoms with Crippen LogP contribution in [-0.4, -0.2) is 32.6 Å². The fourth-order valence-electron chi connectivity index (χ4n) is 2.94. The van der Waals surface area contributed by atoms with E-state index in [1.54, 1.807) is 18.2 Å². The van der Waals surface area contributed by atoms with Gasteiger partial charge in [-0.15, -0.1) is 0 Å². The van der Waals surface area contributed by atoms with Crippen LogP contribution in [0.5, 0.6) is 5.75 Å². The van der Waals surface area contributed by atoms with Crippen LogP contribution in [0.15, 0.2) is 72.1 Å². The van der Waals surface area contributed by atoms with Crippen molar-refractivity contribution in [2.75, 3.05) is 13.2 Å². The highest BCUT2D eigenvalue weighted by Gasteiger charge is 2.09. The Morgan fingerprint density at radius 2 is 1.69 bits per heavy atom. The molecular formula is C22H21NO5S. The Hall–Kier alpha value is -3.16. The summed E-state index contributed by atoms with van der Waals surface area (Å²) in [5.74, 6) is -0.561. The summed E-state index contributed by atoms with van der Waals surface area (Å²) in [6.07, 6.45) is 2.03. The number of nitrogens with one attached hydrogen (secondary N) is 1. The third-order valence-electron chi connectivity index (χ3n) is 4.26. The topological polar surface area (TPSA) is 92.7 Å². The molecule has 29 heavy (non-hydrogen) atoms. The summed E-state index contributed by atoms with van der Waals surface area (Å²) < 4.78 is 32.3. The summed E-state index contributed by atoms with van der Waals surface area (Å²) in [4.78, 5) is 10.8. The smallest absolute Gasteiger partial charge is 0.341 e. The van der Waals surface area contributed by atoms with E-state index in [2.05, 4.69) is 4.72 Å². The van der Waals surface area contributed by atoms with Gasteiger partial charge in [0.15, 0.2) is 6.61 Å². The Morgan fingerprint density at radius 1 is 0.966 bits per heavy atom.